The molecule has 0 aliphatic heterocycles. The molecule has 0 radical (unpaired) electrons. The zero-order valence-corrected chi connectivity index (χ0v) is 61.2. The lowest BCUT2D eigenvalue weighted by atomic mass is 9.81. The largest absolute Gasteiger partial charge is 0.208 e. The Morgan fingerprint density at radius 3 is 0.764 bits per heavy atom. The molecule has 0 unspecified atom stereocenters. The van der Waals surface area contributed by atoms with E-state index in [-0.39, 0.29) is 10.8 Å². The summed E-state index contributed by atoms with van der Waals surface area (Å²) in [6.07, 6.45) is 0. The van der Waals surface area contributed by atoms with Gasteiger partial charge in [-0.1, -0.05) is 343 Å². The first-order chi connectivity index (χ1) is 53.9. The number of rotatable bonds is 8. The fourth-order valence-corrected chi connectivity index (χ4v) is 17.5. The van der Waals surface area contributed by atoms with Crippen LogP contribution in [0.15, 0.2) is 352 Å². The molecule has 516 valence electrons. The summed E-state index contributed by atoms with van der Waals surface area (Å²) >= 11 is 0. The van der Waals surface area contributed by atoms with Crippen molar-refractivity contribution in [3.8, 4) is 113 Å². The summed E-state index contributed by atoms with van der Waals surface area (Å²) in [5.41, 5.74) is 21.2. The van der Waals surface area contributed by atoms with Crippen LogP contribution in [-0.4, -0.2) is 29.9 Å². The quantitative estimate of drug-likeness (QED) is 0.141. The Kier molecular flexibility index (Phi) is 14.9. The predicted octanol–water partition coefficient (Wildman–Crippen LogP) is 26.9. The van der Waals surface area contributed by atoms with Crippen LogP contribution in [0.2, 0.25) is 0 Å². The standard InChI is InChI=1S/2C52H35N3/c1-52(2)47-14-8-7-13-43(47)44-28-27-38(31-48(44)52)32-15-23-37(24-16-32)49-53-50(39-25-21-35-19-17-33-9-3-5-11-41(33)45(35)29-39)55-51(54-49)40-26-22-36-20-18-34-10-4-6-12-42(34)46(36)30-40;1-52(2)47-14-8-7-13-45(47)46-28-23-36(31-48(46)52)32-15-19-35(20-16-32)49-53-50(39-24-26-43-37(29-39)21-17-33-9-3-5-11-41(33)43)55-51(54-49)40-25-27-44-38(30-40)22-18-34-10-4-6-12-42(34)44/h2*3-31H,1-2H3. The highest BCUT2D eigenvalue weighted by atomic mass is 15.0. The van der Waals surface area contributed by atoms with Crippen LogP contribution in [0.1, 0.15) is 49.9 Å². The van der Waals surface area contributed by atoms with Gasteiger partial charge in [-0.25, -0.2) is 29.9 Å². The van der Waals surface area contributed by atoms with Crippen LogP contribution in [0.25, 0.3) is 199 Å². The summed E-state index contributed by atoms with van der Waals surface area (Å²) in [4.78, 5) is 30.9. The monoisotopic (exact) mass is 1400 g/mol. The van der Waals surface area contributed by atoms with Crippen molar-refractivity contribution in [3.63, 3.8) is 0 Å². The molecule has 20 aromatic rings. The Morgan fingerprint density at radius 2 is 0.391 bits per heavy atom. The molecular weight excluding hydrogens is 1330 g/mol. The Hall–Kier alpha value is -13.9. The van der Waals surface area contributed by atoms with Crippen molar-refractivity contribution < 1.29 is 0 Å². The molecule has 2 aromatic heterocycles. The fraction of sp³-hybridized carbons (Fsp3) is 0.0577. The summed E-state index contributed by atoms with van der Waals surface area (Å²) in [5, 5.41) is 19.3. The maximum Gasteiger partial charge on any atom is 0.164 e. The SMILES string of the molecule is CC1(C)c2ccccc2-c2ccc(-c3ccc(-c4nc(-c5ccc6c(ccc7ccccc76)c5)nc(-c5ccc6c(ccc7ccccc76)c5)n4)cc3)cc21.CC1(C)c2ccccc2-c2ccc(-c3ccc(-c4nc(-c5ccc6ccc7ccccc7c6c5)nc(-c5ccc6ccc7ccccc7c6c5)n4)cc3)cc21. The average molecular weight is 1400 g/mol. The number of nitrogens with zero attached hydrogens (tertiary/aromatic N) is 6. The topological polar surface area (TPSA) is 77.3 Å². The molecule has 2 aliphatic rings. The smallest absolute Gasteiger partial charge is 0.164 e. The summed E-state index contributed by atoms with van der Waals surface area (Å²) < 4.78 is 0. The molecule has 18 aromatic carbocycles. The second-order valence-corrected chi connectivity index (χ2v) is 30.5. The predicted molar refractivity (Wildman–Crippen MR) is 458 cm³/mol. The van der Waals surface area contributed by atoms with Crippen LogP contribution in [0.5, 0.6) is 0 Å². The van der Waals surface area contributed by atoms with E-state index in [1.165, 1.54) is 131 Å². The average Bonchev–Trinajstić information content (AvgIpc) is 1.57. The third kappa shape index (κ3) is 10.8. The second kappa shape index (κ2) is 25.4. The lowest BCUT2D eigenvalue weighted by molar-refractivity contribution is 0.660. The number of aromatic nitrogens is 6. The lowest BCUT2D eigenvalue weighted by Gasteiger charge is -2.22. The van der Waals surface area contributed by atoms with E-state index >= 15 is 0 Å². The maximum absolute atomic E-state index is 5.18. The van der Waals surface area contributed by atoms with Crippen LogP contribution in [0, 0.1) is 0 Å². The van der Waals surface area contributed by atoms with Gasteiger partial charge in [0.15, 0.2) is 34.9 Å². The van der Waals surface area contributed by atoms with Gasteiger partial charge < -0.3 is 0 Å². The van der Waals surface area contributed by atoms with Gasteiger partial charge in [0.05, 0.1) is 0 Å². The fourth-order valence-electron chi connectivity index (χ4n) is 17.5. The first kappa shape index (κ1) is 64.4. The highest BCUT2D eigenvalue weighted by Crippen LogP contribution is 2.52. The van der Waals surface area contributed by atoms with Gasteiger partial charge in [0.1, 0.15) is 0 Å². The number of hydrogen-bond donors (Lipinski definition) is 0. The molecule has 0 spiro atoms. The van der Waals surface area contributed by atoms with Gasteiger partial charge in [-0.15, -0.1) is 0 Å². The van der Waals surface area contributed by atoms with Crippen molar-refractivity contribution in [2.45, 2.75) is 38.5 Å². The molecule has 6 nitrogen and oxygen atoms in total. The number of fused-ring (bicyclic) bond motifs is 18. The van der Waals surface area contributed by atoms with Gasteiger partial charge in [-0.3, -0.25) is 0 Å². The second-order valence-electron chi connectivity index (χ2n) is 30.5. The maximum atomic E-state index is 5.18. The summed E-state index contributed by atoms with van der Waals surface area (Å²) in [7, 11) is 0. The van der Waals surface area contributed by atoms with Gasteiger partial charge in [-0.2, -0.15) is 0 Å². The highest BCUT2D eigenvalue weighted by Gasteiger charge is 2.37. The van der Waals surface area contributed by atoms with Crippen LogP contribution < -0.4 is 0 Å². The van der Waals surface area contributed by atoms with Crippen molar-refractivity contribution in [2.24, 2.45) is 0 Å². The van der Waals surface area contributed by atoms with Crippen LogP contribution in [0.3, 0.4) is 0 Å². The van der Waals surface area contributed by atoms with Gasteiger partial charge in [0, 0.05) is 44.2 Å². The zero-order valence-electron chi connectivity index (χ0n) is 61.2. The zero-order chi connectivity index (χ0) is 73.3. The molecule has 22 rings (SSSR count). The molecule has 0 amide bonds. The Morgan fingerprint density at radius 1 is 0.155 bits per heavy atom. The van der Waals surface area contributed by atoms with E-state index in [0.29, 0.717) is 34.9 Å². The molecule has 6 heteroatoms. The minimum atomic E-state index is -0.0519. The summed E-state index contributed by atoms with van der Waals surface area (Å²) in [5.74, 6) is 3.90. The lowest BCUT2D eigenvalue weighted by Crippen LogP contribution is -2.14. The number of hydrogen-bond acceptors (Lipinski definition) is 6. The molecule has 0 saturated carbocycles. The summed E-state index contributed by atoms with van der Waals surface area (Å²) in [6.45, 7) is 9.32. The van der Waals surface area contributed by atoms with Crippen molar-refractivity contribution >= 4 is 86.2 Å². The highest BCUT2D eigenvalue weighted by molar-refractivity contribution is 6.12. The van der Waals surface area contributed by atoms with Crippen LogP contribution in [-0.2, 0) is 10.8 Å². The van der Waals surface area contributed by atoms with Crippen LogP contribution >= 0.6 is 0 Å². The minimum Gasteiger partial charge on any atom is -0.208 e. The molecule has 2 heterocycles. The normalized spacial score (nSPS) is 13.1. The molecule has 0 fully saturated rings. The molecular formula is C104H70N6. The third-order valence-corrected chi connectivity index (χ3v) is 23.4. The molecule has 0 atom stereocenters. The van der Waals surface area contributed by atoms with E-state index in [1.54, 1.807) is 0 Å². The Balaban J connectivity index is 0.000000140. The molecule has 0 N–H and O–H groups in total. The van der Waals surface area contributed by atoms with Gasteiger partial charge >= 0.3 is 0 Å². The molecule has 0 saturated heterocycles. The van der Waals surface area contributed by atoms with Crippen molar-refractivity contribution in [2.75, 3.05) is 0 Å². The molecule has 0 bridgehead atoms. The van der Waals surface area contributed by atoms with Crippen LogP contribution in [0.4, 0.5) is 0 Å². The van der Waals surface area contributed by atoms with Gasteiger partial charge in [0.25, 0.3) is 0 Å². The van der Waals surface area contributed by atoms with E-state index in [1.807, 2.05) is 0 Å². The first-order valence-corrected chi connectivity index (χ1v) is 37.9. The van der Waals surface area contributed by atoms with Gasteiger partial charge in [-0.05, 0) is 189 Å². The van der Waals surface area contributed by atoms with E-state index in [9.17, 15) is 0 Å². The first-order valence-electron chi connectivity index (χ1n) is 37.9. The Bertz CT molecular complexity index is 6940. The van der Waals surface area contributed by atoms with E-state index in [4.69, 9.17) is 29.9 Å². The van der Waals surface area contributed by atoms with Gasteiger partial charge in [0.2, 0.25) is 0 Å². The molecule has 110 heavy (non-hydrogen) atoms. The van der Waals surface area contributed by atoms with E-state index in [2.05, 4.69) is 380 Å². The van der Waals surface area contributed by atoms with Crippen molar-refractivity contribution in [3.05, 3.63) is 374 Å². The van der Waals surface area contributed by atoms with E-state index in [0.717, 1.165) is 55.3 Å². The molecule has 2 aliphatic carbocycles. The Labute approximate surface area is 637 Å². The summed E-state index contributed by atoms with van der Waals surface area (Å²) in [6, 6.07) is 127. The van der Waals surface area contributed by atoms with E-state index < -0.39 is 0 Å². The van der Waals surface area contributed by atoms with Crippen molar-refractivity contribution in [1.82, 2.24) is 29.9 Å². The van der Waals surface area contributed by atoms with Crippen molar-refractivity contribution in [1.29, 1.82) is 0 Å². The minimum absolute atomic E-state index is 0.0503. The third-order valence-electron chi connectivity index (χ3n) is 23.4. The number of benzene rings is 18.